The molecule has 18 heavy (non-hydrogen) atoms. The summed E-state index contributed by atoms with van der Waals surface area (Å²) in [5, 5.41) is 3.69. The molecule has 0 amide bonds. The van der Waals surface area contributed by atoms with Gasteiger partial charge in [0, 0.05) is 25.2 Å². The van der Waals surface area contributed by atoms with Crippen molar-refractivity contribution in [1.29, 1.82) is 0 Å². The smallest absolute Gasteiger partial charge is 0.167 e. The molecule has 0 bridgehead atoms. The van der Waals surface area contributed by atoms with E-state index < -0.39 is 0 Å². The Hall–Kier alpha value is -1.74. The highest BCUT2D eigenvalue weighted by molar-refractivity contribution is 7.98. The average molecular weight is 254 g/mol. The van der Waals surface area contributed by atoms with Crippen molar-refractivity contribution in [1.82, 2.24) is 9.55 Å². The molecule has 0 aliphatic heterocycles. The maximum Gasteiger partial charge on any atom is 0.167 e. The molecule has 0 aliphatic rings. The lowest BCUT2D eigenvalue weighted by Gasteiger charge is -2.06. The van der Waals surface area contributed by atoms with Gasteiger partial charge in [0.1, 0.15) is 0 Å². The van der Waals surface area contributed by atoms with Crippen LogP contribution < -0.4 is 0 Å². The average Bonchev–Trinajstić information content (AvgIpc) is 2.82. The van der Waals surface area contributed by atoms with Crippen molar-refractivity contribution in [3.63, 3.8) is 0 Å². The quantitative estimate of drug-likeness (QED) is 0.660. The van der Waals surface area contributed by atoms with Crippen LogP contribution in [0.25, 0.3) is 10.8 Å². The highest BCUT2D eigenvalue weighted by Crippen LogP contribution is 2.25. The number of benzene rings is 2. The van der Waals surface area contributed by atoms with Crippen LogP contribution in [0.4, 0.5) is 0 Å². The number of aryl methyl sites for hydroxylation is 1. The Morgan fingerprint density at radius 2 is 1.94 bits per heavy atom. The third-order valence-electron chi connectivity index (χ3n) is 3.01. The summed E-state index contributed by atoms with van der Waals surface area (Å²) in [4.78, 5) is 4.34. The first-order valence-electron chi connectivity index (χ1n) is 5.91. The molecule has 0 spiro atoms. The van der Waals surface area contributed by atoms with E-state index >= 15 is 0 Å². The van der Waals surface area contributed by atoms with Gasteiger partial charge in [-0.25, -0.2) is 4.98 Å². The van der Waals surface area contributed by atoms with Gasteiger partial charge in [-0.1, -0.05) is 54.2 Å². The van der Waals surface area contributed by atoms with Crippen LogP contribution in [0.2, 0.25) is 0 Å². The fourth-order valence-corrected chi connectivity index (χ4v) is 2.99. The second-order valence-corrected chi connectivity index (χ2v) is 5.19. The van der Waals surface area contributed by atoms with Crippen LogP contribution in [-0.2, 0) is 12.8 Å². The van der Waals surface area contributed by atoms with Gasteiger partial charge in [0.25, 0.3) is 0 Å². The maximum atomic E-state index is 4.34. The maximum absolute atomic E-state index is 4.34. The van der Waals surface area contributed by atoms with Gasteiger partial charge >= 0.3 is 0 Å². The Kier molecular flexibility index (Phi) is 3.07. The minimum Gasteiger partial charge on any atom is -0.329 e. The molecular weight excluding hydrogens is 240 g/mol. The molecule has 0 saturated heterocycles. The Bertz CT molecular complexity index is 668. The van der Waals surface area contributed by atoms with Gasteiger partial charge in [0.05, 0.1) is 0 Å². The number of thioether (sulfide) groups is 1. The van der Waals surface area contributed by atoms with Gasteiger partial charge in [-0.15, -0.1) is 0 Å². The molecule has 3 aromatic rings. The van der Waals surface area contributed by atoms with Crippen molar-refractivity contribution < 1.29 is 0 Å². The summed E-state index contributed by atoms with van der Waals surface area (Å²) in [6.45, 7) is 0. The van der Waals surface area contributed by atoms with E-state index in [1.807, 2.05) is 19.4 Å². The lowest BCUT2D eigenvalue weighted by molar-refractivity contribution is 0.790. The number of aromatic nitrogens is 2. The molecular formula is C15H14N2S. The Morgan fingerprint density at radius 1 is 1.11 bits per heavy atom. The van der Waals surface area contributed by atoms with Crippen molar-refractivity contribution >= 4 is 22.5 Å². The van der Waals surface area contributed by atoms with E-state index in [2.05, 4.69) is 52.0 Å². The highest BCUT2D eigenvalue weighted by Gasteiger charge is 2.04. The van der Waals surface area contributed by atoms with E-state index in [1.54, 1.807) is 11.8 Å². The van der Waals surface area contributed by atoms with Crippen molar-refractivity contribution in [2.24, 2.45) is 7.05 Å². The van der Waals surface area contributed by atoms with Crippen LogP contribution >= 0.6 is 11.8 Å². The first-order chi connectivity index (χ1) is 8.84. The van der Waals surface area contributed by atoms with E-state index in [4.69, 9.17) is 0 Å². The third-order valence-corrected chi connectivity index (χ3v) is 4.12. The SMILES string of the molecule is Cn1ccnc1SCc1cccc2ccccc12. The normalized spacial score (nSPS) is 10.9. The standard InChI is InChI=1S/C15H14N2S/c1-17-10-9-16-15(17)18-11-13-7-4-6-12-5-2-3-8-14(12)13/h2-10H,11H2,1H3. The van der Waals surface area contributed by atoms with Gasteiger partial charge < -0.3 is 4.57 Å². The molecule has 0 N–H and O–H groups in total. The Morgan fingerprint density at radius 3 is 2.78 bits per heavy atom. The van der Waals surface area contributed by atoms with E-state index in [-0.39, 0.29) is 0 Å². The second-order valence-electron chi connectivity index (χ2n) is 4.25. The van der Waals surface area contributed by atoms with Crippen molar-refractivity contribution in [3.8, 4) is 0 Å². The van der Waals surface area contributed by atoms with Gasteiger partial charge in [-0.3, -0.25) is 0 Å². The van der Waals surface area contributed by atoms with Crippen LogP contribution in [0, 0.1) is 0 Å². The first kappa shape index (κ1) is 11.4. The molecule has 0 fully saturated rings. The Balaban J connectivity index is 1.89. The summed E-state index contributed by atoms with van der Waals surface area (Å²) < 4.78 is 2.05. The molecule has 0 atom stereocenters. The minimum atomic E-state index is 0.951. The molecule has 1 heterocycles. The molecule has 1 aromatic heterocycles. The molecule has 0 saturated carbocycles. The van der Waals surface area contributed by atoms with Crippen LogP contribution in [0.1, 0.15) is 5.56 Å². The van der Waals surface area contributed by atoms with Crippen molar-refractivity contribution in [2.75, 3.05) is 0 Å². The summed E-state index contributed by atoms with van der Waals surface area (Å²) in [5.41, 5.74) is 1.36. The fraction of sp³-hybridized carbons (Fsp3) is 0.133. The van der Waals surface area contributed by atoms with E-state index in [9.17, 15) is 0 Å². The monoisotopic (exact) mass is 254 g/mol. The summed E-state index contributed by atoms with van der Waals surface area (Å²) in [6, 6.07) is 15.0. The molecule has 0 unspecified atom stereocenters. The van der Waals surface area contributed by atoms with Gasteiger partial charge in [0.2, 0.25) is 0 Å². The topological polar surface area (TPSA) is 17.8 Å². The largest absolute Gasteiger partial charge is 0.329 e. The number of nitrogens with zero attached hydrogens (tertiary/aromatic N) is 2. The summed E-state index contributed by atoms with van der Waals surface area (Å²) >= 11 is 1.77. The van der Waals surface area contributed by atoms with Crippen LogP contribution in [0.3, 0.4) is 0 Å². The first-order valence-corrected chi connectivity index (χ1v) is 6.90. The predicted octanol–water partition coefficient (Wildman–Crippen LogP) is 3.87. The predicted molar refractivity (Wildman–Crippen MR) is 76.7 cm³/mol. The highest BCUT2D eigenvalue weighted by atomic mass is 32.2. The van der Waals surface area contributed by atoms with Gasteiger partial charge in [0.15, 0.2) is 5.16 Å². The fourth-order valence-electron chi connectivity index (χ4n) is 2.05. The summed E-state index contributed by atoms with van der Waals surface area (Å²) in [5.74, 6) is 0.951. The number of hydrogen-bond acceptors (Lipinski definition) is 2. The molecule has 0 radical (unpaired) electrons. The summed E-state index contributed by atoms with van der Waals surface area (Å²) in [7, 11) is 2.03. The molecule has 3 rings (SSSR count). The van der Waals surface area contributed by atoms with Crippen LogP contribution in [-0.4, -0.2) is 9.55 Å². The zero-order chi connectivity index (χ0) is 12.4. The zero-order valence-electron chi connectivity index (χ0n) is 10.2. The number of rotatable bonds is 3. The van der Waals surface area contributed by atoms with E-state index in [0.29, 0.717) is 0 Å². The minimum absolute atomic E-state index is 0.951. The summed E-state index contributed by atoms with van der Waals surface area (Å²) in [6.07, 6.45) is 3.82. The number of hydrogen-bond donors (Lipinski definition) is 0. The second kappa shape index (κ2) is 4.86. The molecule has 2 nitrogen and oxygen atoms in total. The van der Waals surface area contributed by atoms with Crippen LogP contribution in [0.5, 0.6) is 0 Å². The van der Waals surface area contributed by atoms with E-state index in [1.165, 1.54) is 16.3 Å². The lowest BCUT2D eigenvalue weighted by atomic mass is 10.1. The number of fused-ring (bicyclic) bond motifs is 1. The van der Waals surface area contributed by atoms with Gasteiger partial charge in [-0.05, 0) is 16.3 Å². The van der Waals surface area contributed by atoms with E-state index in [0.717, 1.165) is 10.9 Å². The number of imidazole rings is 1. The van der Waals surface area contributed by atoms with Crippen molar-refractivity contribution in [2.45, 2.75) is 10.9 Å². The zero-order valence-corrected chi connectivity index (χ0v) is 11.0. The van der Waals surface area contributed by atoms with Gasteiger partial charge in [-0.2, -0.15) is 0 Å². The van der Waals surface area contributed by atoms with Crippen LogP contribution in [0.15, 0.2) is 60.0 Å². The Labute approximate surface area is 111 Å². The lowest BCUT2D eigenvalue weighted by Crippen LogP contribution is -1.90. The van der Waals surface area contributed by atoms with Crippen molar-refractivity contribution in [3.05, 3.63) is 60.4 Å². The molecule has 0 aliphatic carbocycles. The molecule has 3 heteroatoms. The third kappa shape index (κ3) is 2.14. The molecule has 90 valence electrons. The molecule has 2 aromatic carbocycles.